The Balaban J connectivity index is 2.67. The van der Waals surface area contributed by atoms with Crippen molar-refractivity contribution in [3.05, 3.63) is 29.8 Å². The highest BCUT2D eigenvalue weighted by Crippen LogP contribution is 2.13. The van der Waals surface area contributed by atoms with Crippen molar-refractivity contribution in [3.63, 3.8) is 0 Å². The van der Waals surface area contributed by atoms with Crippen LogP contribution in [0, 0.1) is 0 Å². The predicted octanol–water partition coefficient (Wildman–Crippen LogP) is 1.08. The van der Waals surface area contributed by atoms with E-state index >= 15 is 0 Å². The van der Waals surface area contributed by atoms with E-state index in [0.717, 1.165) is 11.3 Å². The van der Waals surface area contributed by atoms with Gasteiger partial charge in [0.05, 0.1) is 26.2 Å². The summed E-state index contributed by atoms with van der Waals surface area (Å²) in [6, 6.07) is 7.27. The molecule has 17 heavy (non-hydrogen) atoms. The molecule has 0 heterocycles. The first-order valence-electron chi connectivity index (χ1n) is 5.58. The standard InChI is InChI=1S/C13H19NO3/c1-10(9-15)14(2)13(16)8-11-5-4-6-12(7-11)17-3/h4-7,10,15H,8-9H2,1-3H3. The smallest absolute Gasteiger partial charge is 0.227 e. The SMILES string of the molecule is COc1cccc(CC(=O)N(C)C(C)CO)c1. The zero-order valence-electron chi connectivity index (χ0n) is 10.5. The lowest BCUT2D eigenvalue weighted by Crippen LogP contribution is -2.38. The van der Waals surface area contributed by atoms with Crippen LogP contribution in [-0.4, -0.2) is 42.7 Å². The molecule has 0 aliphatic rings. The molecule has 0 saturated heterocycles. The van der Waals surface area contributed by atoms with E-state index in [0.29, 0.717) is 6.42 Å². The zero-order chi connectivity index (χ0) is 12.8. The number of ether oxygens (including phenoxy) is 1. The summed E-state index contributed by atoms with van der Waals surface area (Å²) >= 11 is 0. The van der Waals surface area contributed by atoms with Crippen LogP contribution in [0.25, 0.3) is 0 Å². The Morgan fingerprint density at radius 3 is 2.82 bits per heavy atom. The number of nitrogens with zero attached hydrogens (tertiary/aromatic N) is 1. The lowest BCUT2D eigenvalue weighted by atomic mass is 10.1. The Morgan fingerprint density at radius 1 is 1.53 bits per heavy atom. The van der Waals surface area contributed by atoms with Crippen LogP contribution in [0.1, 0.15) is 12.5 Å². The topological polar surface area (TPSA) is 49.8 Å². The van der Waals surface area contributed by atoms with E-state index < -0.39 is 0 Å². The largest absolute Gasteiger partial charge is 0.497 e. The van der Waals surface area contributed by atoms with Crippen molar-refractivity contribution in [1.82, 2.24) is 4.90 Å². The Hall–Kier alpha value is -1.55. The van der Waals surface area contributed by atoms with Crippen LogP contribution in [0.3, 0.4) is 0 Å². The second kappa shape index (κ2) is 6.25. The van der Waals surface area contributed by atoms with Gasteiger partial charge in [0, 0.05) is 7.05 Å². The number of likely N-dealkylation sites (N-methyl/N-ethyl adjacent to an activating group) is 1. The van der Waals surface area contributed by atoms with Gasteiger partial charge in [-0.3, -0.25) is 4.79 Å². The van der Waals surface area contributed by atoms with Gasteiger partial charge in [-0.15, -0.1) is 0 Å². The van der Waals surface area contributed by atoms with Gasteiger partial charge < -0.3 is 14.7 Å². The summed E-state index contributed by atoms with van der Waals surface area (Å²) in [5.41, 5.74) is 0.909. The van der Waals surface area contributed by atoms with Crippen molar-refractivity contribution in [2.75, 3.05) is 20.8 Å². The molecule has 0 fully saturated rings. The number of amides is 1. The number of hydrogen-bond acceptors (Lipinski definition) is 3. The van der Waals surface area contributed by atoms with Crippen molar-refractivity contribution in [2.45, 2.75) is 19.4 Å². The van der Waals surface area contributed by atoms with Gasteiger partial charge in [0.1, 0.15) is 5.75 Å². The maximum absolute atomic E-state index is 11.9. The van der Waals surface area contributed by atoms with E-state index in [1.54, 1.807) is 19.1 Å². The summed E-state index contributed by atoms with van der Waals surface area (Å²) < 4.78 is 5.10. The number of carbonyl (C=O) groups excluding carboxylic acids is 1. The molecule has 0 aliphatic heterocycles. The maximum atomic E-state index is 11.9. The lowest BCUT2D eigenvalue weighted by molar-refractivity contribution is -0.131. The quantitative estimate of drug-likeness (QED) is 0.833. The maximum Gasteiger partial charge on any atom is 0.227 e. The molecular weight excluding hydrogens is 218 g/mol. The first-order chi connectivity index (χ1) is 8.08. The molecule has 0 spiro atoms. The van der Waals surface area contributed by atoms with Gasteiger partial charge in [-0.1, -0.05) is 12.1 Å². The van der Waals surface area contributed by atoms with Gasteiger partial charge >= 0.3 is 0 Å². The van der Waals surface area contributed by atoms with Crippen molar-refractivity contribution in [3.8, 4) is 5.75 Å². The Labute approximate surface area is 102 Å². The molecule has 0 aromatic heterocycles. The van der Waals surface area contributed by atoms with Crippen LogP contribution in [-0.2, 0) is 11.2 Å². The fourth-order valence-corrected chi connectivity index (χ4v) is 1.45. The minimum absolute atomic E-state index is 0.0141. The van der Waals surface area contributed by atoms with Gasteiger partial charge in [0.25, 0.3) is 0 Å². The highest BCUT2D eigenvalue weighted by atomic mass is 16.5. The summed E-state index contributed by atoms with van der Waals surface area (Å²) in [7, 11) is 3.30. The van der Waals surface area contributed by atoms with Crippen molar-refractivity contribution in [1.29, 1.82) is 0 Å². The van der Waals surface area contributed by atoms with Gasteiger partial charge in [-0.2, -0.15) is 0 Å². The second-order valence-electron chi connectivity index (χ2n) is 4.06. The van der Waals surface area contributed by atoms with E-state index in [1.165, 1.54) is 0 Å². The molecule has 1 N–H and O–H groups in total. The highest BCUT2D eigenvalue weighted by molar-refractivity contribution is 5.78. The van der Waals surface area contributed by atoms with Crippen LogP contribution in [0.5, 0.6) is 5.75 Å². The number of methoxy groups -OCH3 is 1. The molecule has 0 bridgehead atoms. The van der Waals surface area contributed by atoms with E-state index in [1.807, 2.05) is 31.2 Å². The third-order valence-electron chi connectivity index (χ3n) is 2.81. The van der Waals surface area contributed by atoms with E-state index in [9.17, 15) is 4.79 Å². The van der Waals surface area contributed by atoms with Gasteiger partial charge in [-0.25, -0.2) is 0 Å². The molecule has 94 valence electrons. The molecule has 0 radical (unpaired) electrons. The van der Waals surface area contributed by atoms with Crippen LogP contribution in [0.15, 0.2) is 24.3 Å². The van der Waals surface area contributed by atoms with Crippen LogP contribution in [0.4, 0.5) is 0 Å². The first-order valence-corrected chi connectivity index (χ1v) is 5.58. The van der Waals surface area contributed by atoms with Crippen molar-refractivity contribution in [2.24, 2.45) is 0 Å². The molecule has 1 aromatic rings. The zero-order valence-corrected chi connectivity index (χ0v) is 10.5. The fraction of sp³-hybridized carbons (Fsp3) is 0.462. The number of benzene rings is 1. The average molecular weight is 237 g/mol. The fourth-order valence-electron chi connectivity index (χ4n) is 1.45. The average Bonchev–Trinajstić information content (AvgIpc) is 2.37. The first kappa shape index (κ1) is 13.5. The number of rotatable bonds is 5. The molecule has 4 nitrogen and oxygen atoms in total. The summed E-state index contributed by atoms with van der Waals surface area (Å²) in [6.45, 7) is 1.78. The van der Waals surface area contributed by atoms with Crippen molar-refractivity contribution < 1.29 is 14.6 Å². The van der Waals surface area contributed by atoms with Crippen molar-refractivity contribution >= 4 is 5.91 Å². The highest BCUT2D eigenvalue weighted by Gasteiger charge is 2.15. The van der Waals surface area contributed by atoms with Gasteiger partial charge in [0.15, 0.2) is 0 Å². The Morgan fingerprint density at radius 2 is 2.24 bits per heavy atom. The summed E-state index contributed by atoms with van der Waals surface area (Å²) in [4.78, 5) is 13.4. The summed E-state index contributed by atoms with van der Waals surface area (Å²) in [6.07, 6.45) is 0.317. The third-order valence-corrected chi connectivity index (χ3v) is 2.81. The van der Waals surface area contributed by atoms with E-state index in [2.05, 4.69) is 0 Å². The lowest BCUT2D eigenvalue weighted by Gasteiger charge is -2.23. The number of carbonyl (C=O) groups is 1. The van der Waals surface area contributed by atoms with E-state index in [-0.39, 0.29) is 18.6 Å². The summed E-state index contributed by atoms with van der Waals surface area (Å²) in [5, 5.41) is 8.99. The minimum Gasteiger partial charge on any atom is -0.497 e. The molecule has 1 amide bonds. The molecule has 1 aromatic carbocycles. The van der Waals surface area contributed by atoms with Crippen LogP contribution in [0.2, 0.25) is 0 Å². The Bertz CT molecular complexity index is 379. The molecule has 1 rings (SSSR count). The number of hydrogen-bond donors (Lipinski definition) is 1. The molecular formula is C13H19NO3. The number of aliphatic hydroxyl groups is 1. The molecule has 1 atom stereocenters. The van der Waals surface area contributed by atoms with Crippen LogP contribution >= 0.6 is 0 Å². The summed E-state index contributed by atoms with van der Waals surface area (Å²) in [5.74, 6) is 0.730. The van der Waals surface area contributed by atoms with Crippen LogP contribution < -0.4 is 4.74 Å². The van der Waals surface area contributed by atoms with E-state index in [4.69, 9.17) is 9.84 Å². The Kier molecular flexibility index (Phi) is 4.97. The molecule has 0 aliphatic carbocycles. The van der Waals surface area contributed by atoms with Gasteiger partial charge in [0.2, 0.25) is 5.91 Å². The monoisotopic (exact) mass is 237 g/mol. The molecule has 0 saturated carbocycles. The molecule has 1 unspecified atom stereocenters. The molecule has 4 heteroatoms. The van der Waals surface area contributed by atoms with Gasteiger partial charge in [-0.05, 0) is 24.6 Å². The minimum atomic E-state index is -0.159. The third kappa shape index (κ3) is 3.75. The number of aliphatic hydroxyl groups excluding tert-OH is 1. The normalized spacial score (nSPS) is 12.0. The second-order valence-corrected chi connectivity index (χ2v) is 4.06. The predicted molar refractivity (Wildman–Crippen MR) is 66.0 cm³/mol.